The molecule has 2 aromatic heterocycles. The third-order valence-electron chi connectivity index (χ3n) is 2.85. The molecule has 0 atom stereocenters. The number of benzene rings is 1. The van der Waals surface area contributed by atoms with Crippen LogP contribution in [0.15, 0.2) is 35.4 Å². The predicted molar refractivity (Wildman–Crippen MR) is 76.7 cm³/mol. The number of fused-ring (bicyclic) bond motifs is 1. The van der Waals surface area contributed by atoms with Crippen molar-refractivity contribution in [2.45, 2.75) is 10.6 Å². The minimum atomic E-state index is -0.244. The first kappa shape index (κ1) is 12.9. The van der Waals surface area contributed by atoms with Crippen LogP contribution in [0, 0.1) is 5.82 Å². The van der Waals surface area contributed by atoms with Crippen molar-refractivity contribution >= 4 is 28.6 Å². The largest absolute Gasteiger partial charge is 0.383 e. The minimum Gasteiger partial charge on any atom is -0.383 e. The first-order valence-electron chi connectivity index (χ1n) is 5.96. The number of nitrogens with two attached hydrogens (primary N) is 1. The molecule has 2 heterocycles. The third kappa shape index (κ3) is 2.44. The van der Waals surface area contributed by atoms with Crippen LogP contribution in [0.1, 0.15) is 5.82 Å². The van der Waals surface area contributed by atoms with E-state index in [1.165, 1.54) is 23.9 Å². The van der Waals surface area contributed by atoms with Crippen molar-refractivity contribution in [1.29, 1.82) is 0 Å². The number of nitrogens with zero attached hydrogens (tertiary/aromatic N) is 4. The Bertz CT molecular complexity index is 753. The number of hydrogen-bond donors (Lipinski definition) is 1. The second-order valence-electron chi connectivity index (χ2n) is 4.27. The van der Waals surface area contributed by atoms with Gasteiger partial charge in [0.25, 0.3) is 0 Å². The Morgan fingerprint density at radius 2 is 2.00 bits per heavy atom. The Labute approximate surface area is 119 Å². The lowest BCUT2D eigenvalue weighted by atomic mass is 10.4. The van der Waals surface area contributed by atoms with Crippen molar-refractivity contribution in [2.24, 2.45) is 7.05 Å². The van der Waals surface area contributed by atoms with Gasteiger partial charge in [-0.05, 0) is 24.3 Å². The van der Waals surface area contributed by atoms with Crippen LogP contribution < -0.4 is 5.73 Å². The topological polar surface area (TPSA) is 69.6 Å². The van der Waals surface area contributed by atoms with Crippen LogP contribution in [0.2, 0.25) is 0 Å². The highest BCUT2D eigenvalue weighted by Gasteiger charge is 2.09. The molecule has 5 nitrogen and oxygen atoms in total. The van der Waals surface area contributed by atoms with Crippen molar-refractivity contribution in [3.63, 3.8) is 0 Å². The molecule has 0 saturated heterocycles. The Hall–Kier alpha value is -2.15. The van der Waals surface area contributed by atoms with Gasteiger partial charge in [-0.3, -0.25) is 4.68 Å². The summed E-state index contributed by atoms with van der Waals surface area (Å²) in [5.41, 5.74) is 6.61. The molecule has 0 saturated carbocycles. The normalized spacial score (nSPS) is 11.1. The zero-order valence-corrected chi connectivity index (χ0v) is 11.6. The maximum Gasteiger partial charge on any atom is 0.163 e. The number of aromatic nitrogens is 4. The van der Waals surface area contributed by atoms with Gasteiger partial charge in [0.1, 0.15) is 17.5 Å². The summed E-state index contributed by atoms with van der Waals surface area (Å²) in [4.78, 5) is 9.67. The number of nitrogen functional groups attached to an aromatic ring is 1. The van der Waals surface area contributed by atoms with Crippen molar-refractivity contribution in [1.82, 2.24) is 19.7 Å². The molecule has 0 amide bonds. The lowest BCUT2D eigenvalue weighted by Gasteiger charge is -2.03. The van der Waals surface area contributed by atoms with Crippen LogP contribution in [0.4, 0.5) is 10.2 Å². The highest BCUT2D eigenvalue weighted by atomic mass is 32.2. The molecule has 102 valence electrons. The zero-order valence-electron chi connectivity index (χ0n) is 10.7. The van der Waals surface area contributed by atoms with Gasteiger partial charge in [0.05, 0.1) is 17.3 Å². The van der Waals surface area contributed by atoms with Crippen LogP contribution in [-0.2, 0) is 12.8 Å². The number of rotatable bonds is 3. The van der Waals surface area contributed by atoms with Gasteiger partial charge in [-0.25, -0.2) is 14.4 Å². The molecule has 0 bridgehead atoms. The van der Waals surface area contributed by atoms with E-state index in [0.717, 1.165) is 10.3 Å². The second kappa shape index (κ2) is 5.09. The molecular weight excluding hydrogens is 277 g/mol. The average Bonchev–Trinajstić information content (AvgIpc) is 2.81. The fourth-order valence-electron chi connectivity index (χ4n) is 1.83. The molecule has 0 unspecified atom stereocenters. The van der Waals surface area contributed by atoms with E-state index in [0.29, 0.717) is 23.0 Å². The van der Waals surface area contributed by atoms with Crippen LogP contribution in [0.5, 0.6) is 0 Å². The molecule has 0 spiro atoms. The molecule has 2 N–H and O–H groups in total. The highest BCUT2D eigenvalue weighted by Crippen LogP contribution is 2.23. The summed E-state index contributed by atoms with van der Waals surface area (Å²) in [6, 6.07) is 6.32. The molecule has 3 aromatic rings. The summed E-state index contributed by atoms with van der Waals surface area (Å²) in [6.45, 7) is 0. The maximum atomic E-state index is 12.8. The van der Waals surface area contributed by atoms with Crippen LogP contribution in [0.3, 0.4) is 0 Å². The minimum absolute atomic E-state index is 0.244. The lowest BCUT2D eigenvalue weighted by molar-refractivity contribution is 0.626. The smallest absolute Gasteiger partial charge is 0.163 e. The van der Waals surface area contributed by atoms with E-state index in [1.54, 1.807) is 23.0 Å². The van der Waals surface area contributed by atoms with Crippen LogP contribution in [0.25, 0.3) is 11.0 Å². The molecular formula is C13H12FN5S. The summed E-state index contributed by atoms with van der Waals surface area (Å²) >= 11 is 1.53. The first-order chi connectivity index (χ1) is 9.63. The molecule has 0 aliphatic rings. The van der Waals surface area contributed by atoms with E-state index < -0.39 is 0 Å². The van der Waals surface area contributed by atoms with Gasteiger partial charge in [0, 0.05) is 11.9 Å². The Balaban J connectivity index is 1.83. The van der Waals surface area contributed by atoms with Crippen molar-refractivity contribution in [2.75, 3.05) is 5.73 Å². The third-order valence-corrected chi connectivity index (χ3v) is 3.86. The lowest BCUT2D eigenvalue weighted by Crippen LogP contribution is -2.01. The van der Waals surface area contributed by atoms with Gasteiger partial charge in [-0.2, -0.15) is 5.10 Å². The van der Waals surface area contributed by atoms with Gasteiger partial charge >= 0.3 is 0 Å². The van der Waals surface area contributed by atoms with Gasteiger partial charge in [0.15, 0.2) is 5.65 Å². The summed E-state index contributed by atoms with van der Waals surface area (Å²) in [7, 11) is 1.81. The molecule has 0 aliphatic heterocycles. The number of thioether (sulfide) groups is 1. The predicted octanol–water partition coefficient (Wildman–Crippen LogP) is 2.38. The molecule has 3 rings (SSSR count). The van der Waals surface area contributed by atoms with E-state index >= 15 is 0 Å². The quantitative estimate of drug-likeness (QED) is 0.750. The second-order valence-corrected chi connectivity index (χ2v) is 5.32. The SMILES string of the molecule is Cn1ncc2c(N)nc(CSc3ccc(F)cc3)nc21. The summed E-state index contributed by atoms with van der Waals surface area (Å²) in [6.07, 6.45) is 1.65. The van der Waals surface area contributed by atoms with Crippen LogP contribution >= 0.6 is 11.8 Å². The number of halogens is 1. The summed E-state index contributed by atoms with van der Waals surface area (Å²) in [5.74, 6) is 1.38. The van der Waals surface area contributed by atoms with Crippen molar-refractivity contribution in [3.8, 4) is 0 Å². The highest BCUT2D eigenvalue weighted by molar-refractivity contribution is 7.98. The monoisotopic (exact) mass is 289 g/mol. The molecule has 0 radical (unpaired) electrons. The fraction of sp³-hybridized carbons (Fsp3) is 0.154. The number of hydrogen-bond acceptors (Lipinski definition) is 5. The number of aryl methyl sites for hydroxylation is 1. The zero-order chi connectivity index (χ0) is 14.1. The first-order valence-corrected chi connectivity index (χ1v) is 6.94. The number of anilines is 1. The Morgan fingerprint density at radius 3 is 2.75 bits per heavy atom. The van der Waals surface area contributed by atoms with E-state index in [9.17, 15) is 4.39 Å². The van der Waals surface area contributed by atoms with E-state index in [4.69, 9.17) is 5.73 Å². The van der Waals surface area contributed by atoms with Crippen LogP contribution in [-0.4, -0.2) is 19.7 Å². The average molecular weight is 289 g/mol. The van der Waals surface area contributed by atoms with Crippen molar-refractivity contribution < 1.29 is 4.39 Å². The van der Waals surface area contributed by atoms with E-state index in [-0.39, 0.29) is 5.82 Å². The molecule has 20 heavy (non-hydrogen) atoms. The summed E-state index contributed by atoms with van der Waals surface area (Å²) in [5, 5.41) is 4.86. The standard InChI is InChI=1S/C13H12FN5S/c1-19-13-10(6-16-19)12(15)17-11(18-13)7-20-9-4-2-8(14)3-5-9/h2-6H,7H2,1H3,(H2,15,17,18). The molecule has 0 fully saturated rings. The summed E-state index contributed by atoms with van der Waals surface area (Å²) < 4.78 is 14.5. The molecule has 1 aromatic carbocycles. The Morgan fingerprint density at radius 1 is 1.25 bits per heavy atom. The Kier molecular flexibility index (Phi) is 3.27. The van der Waals surface area contributed by atoms with E-state index in [2.05, 4.69) is 15.1 Å². The molecule has 7 heteroatoms. The maximum absolute atomic E-state index is 12.8. The molecule has 0 aliphatic carbocycles. The van der Waals surface area contributed by atoms with Gasteiger partial charge in [-0.15, -0.1) is 11.8 Å². The van der Waals surface area contributed by atoms with Gasteiger partial charge in [0.2, 0.25) is 0 Å². The van der Waals surface area contributed by atoms with E-state index in [1.807, 2.05) is 7.05 Å². The van der Waals surface area contributed by atoms with Gasteiger partial charge in [-0.1, -0.05) is 0 Å². The van der Waals surface area contributed by atoms with Crippen molar-refractivity contribution in [3.05, 3.63) is 42.1 Å². The van der Waals surface area contributed by atoms with Gasteiger partial charge < -0.3 is 5.73 Å². The fourth-order valence-corrected chi connectivity index (χ4v) is 2.59.